The molecule has 0 saturated heterocycles. The molecule has 0 fully saturated rings. The molecule has 2 aliphatic heterocycles. The first-order valence-corrected chi connectivity index (χ1v) is 7.68. The molecular formula is C16H20N4O3. The van der Waals surface area contributed by atoms with E-state index in [1.165, 1.54) is 4.90 Å². The van der Waals surface area contributed by atoms with E-state index >= 15 is 0 Å². The molecule has 0 bridgehead atoms. The van der Waals surface area contributed by atoms with Crippen LogP contribution in [0.2, 0.25) is 0 Å². The molecule has 7 nitrogen and oxygen atoms in total. The van der Waals surface area contributed by atoms with Crippen molar-refractivity contribution in [1.82, 2.24) is 4.90 Å². The predicted molar refractivity (Wildman–Crippen MR) is 84.7 cm³/mol. The van der Waals surface area contributed by atoms with Gasteiger partial charge in [0, 0.05) is 5.56 Å². The fourth-order valence-electron chi connectivity index (χ4n) is 3.06. The van der Waals surface area contributed by atoms with Crippen molar-refractivity contribution in [3.63, 3.8) is 0 Å². The molecule has 2 amide bonds. The van der Waals surface area contributed by atoms with Crippen LogP contribution < -0.4 is 16.2 Å². The summed E-state index contributed by atoms with van der Waals surface area (Å²) in [5.41, 5.74) is 12.0. The zero-order chi connectivity index (χ0) is 16.8. The zero-order valence-corrected chi connectivity index (χ0v) is 13.2. The number of guanidine groups is 1. The van der Waals surface area contributed by atoms with Gasteiger partial charge in [0.15, 0.2) is 0 Å². The third kappa shape index (κ3) is 2.32. The molecule has 0 spiro atoms. The van der Waals surface area contributed by atoms with Gasteiger partial charge in [-0.1, -0.05) is 13.8 Å². The van der Waals surface area contributed by atoms with Crippen molar-refractivity contribution in [2.75, 3.05) is 0 Å². The number of aliphatic imine (C=N–C) groups is 1. The smallest absolute Gasteiger partial charge is 0.248 e. The van der Waals surface area contributed by atoms with E-state index in [0.717, 1.165) is 12.8 Å². The Bertz CT molecular complexity index is 709. The highest BCUT2D eigenvalue weighted by Gasteiger charge is 2.44. The van der Waals surface area contributed by atoms with Crippen molar-refractivity contribution in [2.24, 2.45) is 16.5 Å². The molecule has 122 valence electrons. The maximum Gasteiger partial charge on any atom is 0.248 e. The second-order valence-corrected chi connectivity index (χ2v) is 5.93. The molecule has 1 aromatic carbocycles. The van der Waals surface area contributed by atoms with E-state index in [4.69, 9.17) is 16.2 Å². The van der Waals surface area contributed by atoms with Crippen LogP contribution in [-0.4, -0.2) is 28.2 Å². The molecule has 0 aromatic heterocycles. The van der Waals surface area contributed by atoms with Gasteiger partial charge in [-0.05, 0) is 31.0 Å². The highest BCUT2D eigenvalue weighted by atomic mass is 16.5. The average molecular weight is 316 g/mol. The number of nitrogens with two attached hydrogens (primary N) is 2. The Hall–Kier alpha value is -2.57. The molecular weight excluding hydrogens is 296 g/mol. The highest BCUT2D eigenvalue weighted by molar-refractivity contribution is 6.00. The molecule has 3 rings (SSSR count). The first-order chi connectivity index (χ1) is 10.9. The number of carbonyl (C=O) groups is 2. The van der Waals surface area contributed by atoms with Crippen LogP contribution in [0.5, 0.6) is 5.75 Å². The number of primary amides is 1. The molecule has 7 heteroatoms. The Kier molecular flexibility index (Phi) is 3.50. The van der Waals surface area contributed by atoms with Crippen LogP contribution in [0, 0.1) is 0 Å². The quantitative estimate of drug-likeness (QED) is 0.871. The van der Waals surface area contributed by atoms with Gasteiger partial charge >= 0.3 is 0 Å². The van der Waals surface area contributed by atoms with Gasteiger partial charge < -0.3 is 16.2 Å². The van der Waals surface area contributed by atoms with Crippen molar-refractivity contribution in [3.05, 3.63) is 29.3 Å². The van der Waals surface area contributed by atoms with Crippen LogP contribution in [0.3, 0.4) is 0 Å². The first-order valence-electron chi connectivity index (χ1n) is 7.68. The van der Waals surface area contributed by atoms with Crippen LogP contribution in [-0.2, 0) is 4.79 Å². The fraction of sp³-hybridized carbons (Fsp3) is 0.438. The van der Waals surface area contributed by atoms with Crippen molar-refractivity contribution < 1.29 is 14.3 Å². The minimum absolute atomic E-state index is 0.124. The molecule has 1 atom stereocenters. The van der Waals surface area contributed by atoms with Crippen molar-refractivity contribution in [3.8, 4) is 5.75 Å². The molecule has 4 N–H and O–H groups in total. The maximum atomic E-state index is 12.6. The summed E-state index contributed by atoms with van der Waals surface area (Å²) in [4.78, 5) is 29.8. The monoisotopic (exact) mass is 316 g/mol. The van der Waals surface area contributed by atoms with Crippen LogP contribution in [0.1, 0.15) is 55.3 Å². The lowest BCUT2D eigenvalue weighted by Gasteiger charge is -2.43. The summed E-state index contributed by atoms with van der Waals surface area (Å²) in [6, 6.07) is 4.88. The van der Waals surface area contributed by atoms with Crippen molar-refractivity contribution in [1.29, 1.82) is 0 Å². The third-order valence-corrected chi connectivity index (χ3v) is 4.70. The summed E-state index contributed by atoms with van der Waals surface area (Å²) in [6.45, 7) is 4.00. The van der Waals surface area contributed by atoms with Gasteiger partial charge in [0.1, 0.15) is 5.75 Å². The molecule has 1 aromatic rings. The maximum absolute atomic E-state index is 12.6. The number of hydrogen-bond acceptors (Lipinski definition) is 5. The van der Waals surface area contributed by atoms with Crippen LogP contribution in [0.25, 0.3) is 0 Å². The van der Waals surface area contributed by atoms with E-state index < -0.39 is 17.7 Å². The molecule has 2 aliphatic rings. The average Bonchev–Trinajstić information content (AvgIpc) is 2.50. The van der Waals surface area contributed by atoms with Crippen molar-refractivity contribution in [2.45, 2.75) is 44.9 Å². The fourth-order valence-corrected chi connectivity index (χ4v) is 3.06. The summed E-state index contributed by atoms with van der Waals surface area (Å²) in [5, 5.41) is 0. The van der Waals surface area contributed by atoms with E-state index in [9.17, 15) is 9.59 Å². The topological polar surface area (TPSA) is 111 Å². The molecule has 23 heavy (non-hydrogen) atoms. The Balaban J connectivity index is 1.93. The van der Waals surface area contributed by atoms with E-state index in [2.05, 4.69) is 4.99 Å². The second-order valence-electron chi connectivity index (χ2n) is 5.93. The number of fused-ring (bicyclic) bond motifs is 1. The van der Waals surface area contributed by atoms with Gasteiger partial charge in [-0.15, -0.1) is 0 Å². The Morgan fingerprint density at radius 3 is 2.70 bits per heavy atom. The summed E-state index contributed by atoms with van der Waals surface area (Å²) in [6.07, 6.45) is 1.15. The normalized spacial score (nSPS) is 21.8. The first kappa shape index (κ1) is 15.3. The lowest BCUT2D eigenvalue weighted by molar-refractivity contribution is -0.138. The lowest BCUT2D eigenvalue weighted by atomic mass is 9.87. The number of nitrogens with zero attached hydrogens (tertiary/aromatic N) is 2. The SMILES string of the molecule is CCC1(CC)CC(=O)N(C2Oc3ccc(C(N)=O)cc32)C(N)=N1. The van der Waals surface area contributed by atoms with E-state index in [1.807, 2.05) is 13.8 Å². The van der Waals surface area contributed by atoms with Gasteiger partial charge in [0.05, 0.1) is 17.5 Å². The lowest BCUT2D eigenvalue weighted by Crippen LogP contribution is -2.55. The van der Waals surface area contributed by atoms with Crippen LogP contribution in [0.15, 0.2) is 23.2 Å². The molecule has 0 aliphatic carbocycles. The highest BCUT2D eigenvalue weighted by Crippen LogP contribution is 2.43. The number of benzene rings is 1. The molecule has 1 unspecified atom stereocenters. The molecule has 0 radical (unpaired) electrons. The number of rotatable bonds is 4. The van der Waals surface area contributed by atoms with Crippen LogP contribution in [0.4, 0.5) is 0 Å². The minimum Gasteiger partial charge on any atom is -0.465 e. The number of amides is 2. The van der Waals surface area contributed by atoms with Crippen LogP contribution >= 0.6 is 0 Å². The van der Waals surface area contributed by atoms with Gasteiger partial charge in [0.2, 0.25) is 24.0 Å². The van der Waals surface area contributed by atoms with Gasteiger partial charge in [0.25, 0.3) is 0 Å². The van der Waals surface area contributed by atoms with Gasteiger partial charge in [-0.3, -0.25) is 9.59 Å². The number of hydrogen-bond donors (Lipinski definition) is 2. The van der Waals surface area contributed by atoms with E-state index in [0.29, 0.717) is 23.3 Å². The summed E-state index contributed by atoms with van der Waals surface area (Å²) in [7, 11) is 0. The van der Waals surface area contributed by atoms with Gasteiger partial charge in [-0.25, -0.2) is 9.89 Å². The second kappa shape index (κ2) is 5.26. The summed E-state index contributed by atoms with van der Waals surface area (Å²) < 4.78 is 5.63. The Morgan fingerprint density at radius 1 is 1.43 bits per heavy atom. The largest absolute Gasteiger partial charge is 0.465 e. The predicted octanol–water partition coefficient (Wildman–Crippen LogP) is 1.28. The van der Waals surface area contributed by atoms with Gasteiger partial charge in [-0.2, -0.15) is 0 Å². The Labute approximate surface area is 134 Å². The zero-order valence-electron chi connectivity index (χ0n) is 13.2. The third-order valence-electron chi connectivity index (χ3n) is 4.70. The molecule has 0 saturated carbocycles. The number of ether oxygens (including phenoxy) is 1. The minimum atomic E-state index is -0.646. The summed E-state index contributed by atoms with van der Waals surface area (Å²) >= 11 is 0. The summed E-state index contributed by atoms with van der Waals surface area (Å²) in [5.74, 6) is 0.121. The standard InChI is InChI=1S/C16H20N4O3/c1-3-16(4-2)8-12(21)20(15(18)19-16)14-10-7-9(13(17)22)5-6-11(10)23-14/h5-7,14H,3-4,8H2,1-2H3,(H2,17,22)(H2,18,19). The number of carbonyl (C=O) groups excluding carboxylic acids is 2. The van der Waals surface area contributed by atoms with E-state index in [1.54, 1.807) is 18.2 Å². The molecule has 2 heterocycles. The Morgan fingerprint density at radius 2 is 2.13 bits per heavy atom. The van der Waals surface area contributed by atoms with E-state index in [-0.39, 0.29) is 11.9 Å². The van der Waals surface area contributed by atoms with Crippen molar-refractivity contribution >= 4 is 17.8 Å².